The van der Waals surface area contributed by atoms with Crippen molar-refractivity contribution in [1.29, 1.82) is 0 Å². The number of nitrogens with zero attached hydrogens (tertiary/aromatic N) is 1. The van der Waals surface area contributed by atoms with Gasteiger partial charge in [0.25, 0.3) is 0 Å². The molecule has 0 saturated heterocycles. The summed E-state index contributed by atoms with van der Waals surface area (Å²) in [5, 5.41) is 12.6. The minimum Gasteiger partial charge on any atom is -0.393 e. The van der Waals surface area contributed by atoms with Crippen molar-refractivity contribution in [3.8, 4) is 0 Å². The predicted molar refractivity (Wildman–Crippen MR) is 69.7 cm³/mol. The summed E-state index contributed by atoms with van der Waals surface area (Å²) in [5.41, 5.74) is 0.972. The number of nitroso groups, excluding NO2 is 1. The molecule has 94 valence electrons. The van der Waals surface area contributed by atoms with Crippen molar-refractivity contribution in [3.05, 3.63) is 40.8 Å². The quantitative estimate of drug-likeness (QED) is 0.733. The van der Waals surface area contributed by atoms with Gasteiger partial charge in [-0.2, -0.15) is 4.91 Å². The first-order chi connectivity index (χ1) is 8.19. The third kappa shape index (κ3) is 4.27. The highest BCUT2D eigenvalue weighted by atomic mass is 16.3. The summed E-state index contributed by atoms with van der Waals surface area (Å²) in [6.07, 6.45) is 2.14. The number of aliphatic hydroxyl groups is 1. The fourth-order valence-corrected chi connectivity index (χ4v) is 2.11. The minimum atomic E-state index is -0.313. The highest BCUT2D eigenvalue weighted by Gasteiger charge is 2.22. The first kappa shape index (κ1) is 13.8. The van der Waals surface area contributed by atoms with Crippen LogP contribution in [0.3, 0.4) is 0 Å². The van der Waals surface area contributed by atoms with Crippen molar-refractivity contribution in [3.63, 3.8) is 0 Å². The van der Waals surface area contributed by atoms with Gasteiger partial charge in [0, 0.05) is 0 Å². The molecule has 1 aromatic carbocycles. The second kappa shape index (κ2) is 7.17. The zero-order valence-electron chi connectivity index (χ0n) is 10.5. The fraction of sp³-hybridized carbons (Fsp3) is 0.571. The summed E-state index contributed by atoms with van der Waals surface area (Å²) in [7, 11) is 0. The Labute approximate surface area is 103 Å². The first-order valence-corrected chi connectivity index (χ1v) is 6.24. The van der Waals surface area contributed by atoms with Crippen molar-refractivity contribution in [2.75, 3.05) is 0 Å². The van der Waals surface area contributed by atoms with Gasteiger partial charge in [0.1, 0.15) is 6.04 Å². The highest BCUT2D eigenvalue weighted by molar-refractivity contribution is 5.19. The Morgan fingerprint density at radius 3 is 2.35 bits per heavy atom. The Morgan fingerprint density at radius 2 is 1.88 bits per heavy atom. The largest absolute Gasteiger partial charge is 0.393 e. The van der Waals surface area contributed by atoms with Crippen LogP contribution in [0.25, 0.3) is 0 Å². The van der Waals surface area contributed by atoms with Crippen LogP contribution in [0.2, 0.25) is 0 Å². The molecular formula is C14H21NO2. The van der Waals surface area contributed by atoms with E-state index in [-0.39, 0.29) is 18.1 Å². The zero-order valence-corrected chi connectivity index (χ0v) is 10.5. The van der Waals surface area contributed by atoms with E-state index in [2.05, 4.69) is 12.1 Å². The minimum absolute atomic E-state index is 0.212. The predicted octanol–water partition coefficient (Wildman–Crippen LogP) is 3.68. The molecule has 3 unspecified atom stereocenters. The number of hydrogen-bond acceptors (Lipinski definition) is 3. The molecule has 0 bridgehead atoms. The lowest BCUT2D eigenvalue weighted by Gasteiger charge is -2.21. The van der Waals surface area contributed by atoms with Gasteiger partial charge in [-0.05, 0) is 31.2 Å². The molecule has 0 aliphatic rings. The van der Waals surface area contributed by atoms with Gasteiger partial charge in [-0.1, -0.05) is 48.9 Å². The van der Waals surface area contributed by atoms with Crippen LogP contribution in [0.4, 0.5) is 0 Å². The maximum Gasteiger partial charge on any atom is 0.120 e. The van der Waals surface area contributed by atoms with Crippen molar-refractivity contribution in [2.45, 2.75) is 45.3 Å². The summed E-state index contributed by atoms with van der Waals surface area (Å²) in [5.74, 6) is 0.212. The normalized spacial score (nSPS) is 16.2. The van der Waals surface area contributed by atoms with Gasteiger partial charge in [-0.15, -0.1) is 0 Å². The van der Waals surface area contributed by atoms with Crippen LogP contribution >= 0.6 is 0 Å². The van der Waals surface area contributed by atoms with E-state index in [0.717, 1.165) is 24.8 Å². The van der Waals surface area contributed by atoms with Gasteiger partial charge in [0.2, 0.25) is 0 Å². The second-order valence-corrected chi connectivity index (χ2v) is 4.56. The van der Waals surface area contributed by atoms with E-state index in [9.17, 15) is 10.0 Å². The van der Waals surface area contributed by atoms with E-state index in [1.165, 1.54) is 0 Å². The molecule has 1 N–H and O–H groups in total. The Hall–Kier alpha value is -1.22. The van der Waals surface area contributed by atoms with Gasteiger partial charge >= 0.3 is 0 Å². The summed E-state index contributed by atoms with van der Waals surface area (Å²) in [6, 6.07) is 9.38. The third-order valence-electron chi connectivity index (χ3n) is 3.18. The summed E-state index contributed by atoms with van der Waals surface area (Å²) in [6.45, 7) is 3.84. The molecule has 0 amide bonds. The molecule has 1 aromatic rings. The molecule has 3 nitrogen and oxygen atoms in total. The average molecular weight is 235 g/mol. The van der Waals surface area contributed by atoms with E-state index < -0.39 is 0 Å². The molecule has 1 rings (SSSR count). The van der Waals surface area contributed by atoms with Crippen molar-refractivity contribution < 1.29 is 5.11 Å². The van der Waals surface area contributed by atoms with Gasteiger partial charge in [-0.25, -0.2) is 0 Å². The molecule has 3 heteroatoms. The van der Waals surface area contributed by atoms with Crippen LogP contribution in [-0.2, 0) is 0 Å². The topological polar surface area (TPSA) is 49.7 Å². The van der Waals surface area contributed by atoms with Crippen LogP contribution < -0.4 is 0 Å². The van der Waals surface area contributed by atoms with E-state index in [1.54, 1.807) is 6.92 Å². The lowest BCUT2D eigenvalue weighted by atomic mass is 9.87. The molecule has 0 aliphatic carbocycles. The zero-order chi connectivity index (χ0) is 12.7. The Morgan fingerprint density at radius 1 is 1.24 bits per heavy atom. The van der Waals surface area contributed by atoms with E-state index >= 15 is 0 Å². The molecule has 0 radical (unpaired) electrons. The smallest absolute Gasteiger partial charge is 0.120 e. The standard InChI is InChI=1S/C14H21NO2/c1-3-12(10-9-11(2)16)14(15-17)13-7-5-4-6-8-13/h4-8,11-12,14,16H,3,9-10H2,1-2H3. The Balaban J connectivity index is 2.73. The lowest BCUT2D eigenvalue weighted by Crippen LogP contribution is -2.13. The maximum atomic E-state index is 11.0. The van der Waals surface area contributed by atoms with Gasteiger partial charge < -0.3 is 5.11 Å². The van der Waals surface area contributed by atoms with Crippen LogP contribution in [0.1, 0.15) is 44.7 Å². The van der Waals surface area contributed by atoms with E-state index in [4.69, 9.17) is 0 Å². The van der Waals surface area contributed by atoms with Gasteiger partial charge in [0.05, 0.1) is 6.10 Å². The Kier molecular flexibility index (Phi) is 5.84. The SMILES string of the molecule is CCC(CCC(C)O)C(N=O)c1ccccc1. The van der Waals surface area contributed by atoms with Crippen molar-refractivity contribution in [2.24, 2.45) is 11.1 Å². The van der Waals surface area contributed by atoms with Crippen molar-refractivity contribution in [1.82, 2.24) is 0 Å². The summed E-state index contributed by atoms with van der Waals surface area (Å²) in [4.78, 5) is 11.0. The summed E-state index contributed by atoms with van der Waals surface area (Å²) < 4.78 is 0. The maximum absolute atomic E-state index is 11.0. The van der Waals surface area contributed by atoms with E-state index in [1.807, 2.05) is 30.3 Å². The molecule has 17 heavy (non-hydrogen) atoms. The highest BCUT2D eigenvalue weighted by Crippen LogP contribution is 2.31. The molecule has 0 aliphatic heterocycles. The van der Waals surface area contributed by atoms with Gasteiger partial charge in [-0.3, -0.25) is 0 Å². The van der Waals surface area contributed by atoms with Crippen LogP contribution in [-0.4, -0.2) is 11.2 Å². The number of hydrogen-bond donors (Lipinski definition) is 1. The molecule has 0 spiro atoms. The molecule has 0 fully saturated rings. The monoisotopic (exact) mass is 235 g/mol. The van der Waals surface area contributed by atoms with E-state index in [0.29, 0.717) is 0 Å². The first-order valence-electron chi connectivity index (χ1n) is 6.24. The molecule has 0 aromatic heterocycles. The lowest BCUT2D eigenvalue weighted by molar-refractivity contribution is 0.169. The van der Waals surface area contributed by atoms with Gasteiger partial charge in [0.15, 0.2) is 0 Å². The molecule has 3 atom stereocenters. The third-order valence-corrected chi connectivity index (χ3v) is 3.18. The molecule has 0 saturated carbocycles. The molecule has 0 heterocycles. The molecular weight excluding hydrogens is 214 g/mol. The fourth-order valence-electron chi connectivity index (χ4n) is 2.11. The summed E-state index contributed by atoms with van der Waals surface area (Å²) >= 11 is 0. The second-order valence-electron chi connectivity index (χ2n) is 4.56. The number of benzene rings is 1. The van der Waals surface area contributed by atoms with Crippen LogP contribution in [0, 0.1) is 10.8 Å². The number of aliphatic hydroxyl groups excluding tert-OH is 1. The van der Waals surface area contributed by atoms with Crippen molar-refractivity contribution >= 4 is 0 Å². The average Bonchev–Trinajstić information content (AvgIpc) is 2.35. The Bertz CT molecular complexity index is 324. The van der Waals surface area contributed by atoms with Crippen LogP contribution in [0.15, 0.2) is 35.5 Å². The van der Waals surface area contributed by atoms with Crippen LogP contribution in [0.5, 0.6) is 0 Å². The number of rotatable bonds is 7.